The first-order valence-electron chi connectivity index (χ1n) is 7.49. The molecule has 3 N–H and O–H groups in total. The molecule has 1 aromatic rings. The fraction of sp³-hybridized carbons (Fsp3) is 0.467. The van der Waals surface area contributed by atoms with Gasteiger partial charge in [-0.3, -0.25) is 9.59 Å². The van der Waals surface area contributed by atoms with Crippen molar-refractivity contribution in [2.24, 2.45) is 5.14 Å². The molecule has 1 atom stereocenters. The standard InChI is InChI=1S/C15H21N3O4S/c1-11-4-2-3-9-18(11)15(20)14(19)17-10-12-5-7-13(8-6-12)23(16,21)22/h5-8,11H,2-4,9-10H2,1H3,(H,17,19)(H2,16,21,22). The summed E-state index contributed by atoms with van der Waals surface area (Å²) >= 11 is 0. The fourth-order valence-corrected chi connectivity index (χ4v) is 3.10. The van der Waals surface area contributed by atoms with E-state index in [4.69, 9.17) is 5.14 Å². The van der Waals surface area contributed by atoms with E-state index in [2.05, 4.69) is 5.32 Å². The summed E-state index contributed by atoms with van der Waals surface area (Å²) in [6, 6.07) is 5.91. The normalized spacial score (nSPS) is 18.5. The molecule has 0 aromatic heterocycles. The number of nitrogens with two attached hydrogens (primary N) is 1. The third-order valence-electron chi connectivity index (χ3n) is 3.96. The Hall–Kier alpha value is -1.93. The molecule has 2 amide bonds. The Morgan fingerprint density at radius 2 is 1.91 bits per heavy atom. The molecule has 1 fully saturated rings. The van der Waals surface area contributed by atoms with Crippen LogP contribution in [0.5, 0.6) is 0 Å². The number of piperidine rings is 1. The SMILES string of the molecule is CC1CCCCN1C(=O)C(=O)NCc1ccc(S(N)(=O)=O)cc1. The Labute approximate surface area is 135 Å². The van der Waals surface area contributed by atoms with Gasteiger partial charge in [-0.25, -0.2) is 13.6 Å². The zero-order chi connectivity index (χ0) is 17.0. The van der Waals surface area contributed by atoms with E-state index >= 15 is 0 Å². The number of carbonyl (C=O) groups excluding carboxylic acids is 2. The summed E-state index contributed by atoms with van der Waals surface area (Å²) in [5.41, 5.74) is 0.685. The minimum atomic E-state index is -3.73. The lowest BCUT2D eigenvalue weighted by atomic mass is 10.0. The minimum Gasteiger partial charge on any atom is -0.344 e. The molecule has 0 saturated carbocycles. The molecule has 23 heavy (non-hydrogen) atoms. The largest absolute Gasteiger partial charge is 0.344 e. The van der Waals surface area contributed by atoms with Gasteiger partial charge in [-0.05, 0) is 43.9 Å². The van der Waals surface area contributed by atoms with Crippen molar-refractivity contribution in [1.82, 2.24) is 10.2 Å². The van der Waals surface area contributed by atoms with Gasteiger partial charge in [-0.2, -0.15) is 0 Å². The number of hydrogen-bond acceptors (Lipinski definition) is 4. The third kappa shape index (κ3) is 4.52. The van der Waals surface area contributed by atoms with Gasteiger partial charge >= 0.3 is 11.8 Å². The summed E-state index contributed by atoms with van der Waals surface area (Å²) in [6.45, 7) is 2.70. The van der Waals surface area contributed by atoms with Crippen molar-refractivity contribution in [2.45, 2.75) is 43.7 Å². The van der Waals surface area contributed by atoms with E-state index in [1.807, 2.05) is 6.92 Å². The molecule has 0 radical (unpaired) electrons. The topological polar surface area (TPSA) is 110 Å². The second-order valence-corrected chi connectivity index (χ2v) is 7.28. The Morgan fingerprint density at radius 3 is 2.48 bits per heavy atom. The molecule has 2 rings (SSSR count). The molecular weight excluding hydrogens is 318 g/mol. The first-order chi connectivity index (χ1) is 10.8. The highest BCUT2D eigenvalue weighted by Gasteiger charge is 2.27. The predicted octanol–water partition coefficient (Wildman–Crippen LogP) is 0.351. The highest BCUT2D eigenvalue weighted by atomic mass is 32.2. The first-order valence-corrected chi connectivity index (χ1v) is 9.04. The van der Waals surface area contributed by atoms with Crippen LogP contribution < -0.4 is 10.5 Å². The van der Waals surface area contributed by atoms with Gasteiger partial charge in [0.05, 0.1) is 4.90 Å². The predicted molar refractivity (Wildman–Crippen MR) is 84.7 cm³/mol. The van der Waals surface area contributed by atoms with Crippen LogP contribution in [0.25, 0.3) is 0 Å². The van der Waals surface area contributed by atoms with Crippen LogP contribution in [-0.4, -0.2) is 37.7 Å². The number of benzene rings is 1. The van der Waals surface area contributed by atoms with E-state index < -0.39 is 21.8 Å². The van der Waals surface area contributed by atoms with E-state index in [0.29, 0.717) is 12.1 Å². The Morgan fingerprint density at radius 1 is 1.26 bits per heavy atom. The smallest absolute Gasteiger partial charge is 0.312 e. The van der Waals surface area contributed by atoms with Crippen molar-refractivity contribution >= 4 is 21.8 Å². The average molecular weight is 339 g/mol. The minimum absolute atomic E-state index is 0.00537. The molecule has 1 unspecified atom stereocenters. The summed E-state index contributed by atoms with van der Waals surface area (Å²) < 4.78 is 22.3. The lowest BCUT2D eigenvalue weighted by molar-refractivity contribution is -0.148. The summed E-state index contributed by atoms with van der Waals surface area (Å²) in [6.07, 6.45) is 2.90. The van der Waals surface area contributed by atoms with Crippen LogP contribution in [-0.2, 0) is 26.2 Å². The Bertz CT molecular complexity index is 685. The average Bonchev–Trinajstić information content (AvgIpc) is 2.52. The third-order valence-corrected chi connectivity index (χ3v) is 4.89. The van der Waals surface area contributed by atoms with Crippen molar-refractivity contribution in [3.8, 4) is 0 Å². The van der Waals surface area contributed by atoms with Gasteiger partial charge in [0.2, 0.25) is 10.0 Å². The summed E-state index contributed by atoms with van der Waals surface area (Å²) in [5.74, 6) is -1.16. The lowest BCUT2D eigenvalue weighted by Gasteiger charge is -2.32. The van der Waals surface area contributed by atoms with Gasteiger partial charge in [0.25, 0.3) is 0 Å². The summed E-state index contributed by atoms with van der Waals surface area (Å²) in [7, 11) is -3.73. The molecule has 0 spiro atoms. The van der Waals surface area contributed by atoms with E-state index in [-0.39, 0.29) is 17.5 Å². The maximum absolute atomic E-state index is 12.1. The zero-order valence-electron chi connectivity index (χ0n) is 13.0. The lowest BCUT2D eigenvalue weighted by Crippen LogP contribution is -2.48. The number of nitrogens with one attached hydrogen (secondary N) is 1. The van der Waals surface area contributed by atoms with Gasteiger partial charge in [0, 0.05) is 19.1 Å². The van der Waals surface area contributed by atoms with Gasteiger partial charge in [-0.15, -0.1) is 0 Å². The molecule has 0 bridgehead atoms. The number of amides is 2. The van der Waals surface area contributed by atoms with Crippen LogP contribution in [0.15, 0.2) is 29.2 Å². The second kappa shape index (κ2) is 7.10. The van der Waals surface area contributed by atoms with Crippen molar-refractivity contribution < 1.29 is 18.0 Å². The van der Waals surface area contributed by atoms with E-state index in [1.54, 1.807) is 17.0 Å². The molecule has 1 aliphatic rings. The number of sulfonamides is 1. The highest BCUT2D eigenvalue weighted by molar-refractivity contribution is 7.89. The van der Waals surface area contributed by atoms with Crippen molar-refractivity contribution in [1.29, 1.82) is 0 Å². The van der Waals surface area contributed by atoms with Gasteiger partial charge in [-0.1, -0.05) is 12.1 Å². The Kier molecular flexibility index (Phi) is 5.38. The zero-order valence-corrected chi connectivity index (χ0v) is 13.8. The van der Waals surface area contributed by atoms with Crippen LogP contribution in [0.1, 0.15) is 31.7 Å². The van der Waals surface area contributed by atoms with Gasteiger partial charge < -0.3 is 10.2 Å². The van der Waals surface area contributed by atoms with E-state index in [0.717, 1.165) is 19.3 Å². The van der Waals surface area contributed by atoms with Crippen molar-refractivity contribution in [3.63, 3.8) is 0 Å². The van der Waals surface area contributed by atoms with E-state index in [9.17, 15) is 18.0 Å². The molecular formula is C15H21N3O4S. The number of rotatable bonds is 3. The van der Waals surface area contributed by atoms with Crippen LogP contribution in [0.2, 0.25) is 0 Å². The second-order valence-electron chi connectivity index (χ2n) is 5.71. The summed E-state index contributed by atoms with van der Waals surface area (Å²) in [4.78, 5) is 25.7. The fourth-order valence-electron chi connectivity index (χ4n) is 2.59. The summed E-state index contributed by atoms with van der Waals surface area (Å²) in [5, 5.41) is 7.58. The molecule has 1 saturated heterocycles. The molecule has 8 heteroatoms. The highest BCUT2D eigenvalue weighted by Crippen LogP contribution is 2.16. The number of primary sulfonamides is 1. The monoisotopic (exact) mass is 339 g/mol. The molecule has 7 nitrogen and oxygen atoms in total. The number of likely N-dealkylation sites (tertiary alicyclic amines) is 1. The first kappa shape index (κ1) is 17.4. The van der Waals surface area contributed by atoms with E-state index in [1.165, 1.54) is 12.1 Å². The molecule has 1 aromatic carbocycles. The molecule has 126 valence electrons. The van der Waals surface area contributed by atoms with Crippen LogP contribution in [0, 0.1) is 0 Å². The molecule has 1 heterocycles. The Balaban J connectivity index is 1.92. The maximum atomic E-state index is 12.1. The van der Waals surface area contributed by atoms with Crippen molar-refractivity contribution in [3.05, 3.63) is 29.8 Å². The van der Waals surface area contributed by atoms with Gasteiger partial charge in [0.15, 0.2) is 0 Å². The van der Waals surface area contributed by atoms with Crippen LogP contribution in [0.3, 0.4) is 0 Å². The van der Waals surface area contributed by atoms with Crippen LogP contribution >= 0.6 is 0 Å². The van der Waals surface area contributed by atoms with Gasteiger partial charge in [0.1, 0.15) is 0 Å². The number of nitrogens with zero attached hydrogens (tertiary/aromatic N) is 1. The van der Waals surface area contributed by atoms with Crippen molar-refractivity contribution in [2.75, 3.05) is 6.54 Å². The number of carbonyl (C=O) groups is 2. The molecule has 1 aliphatic heterocycles. The quantitative estimate of drug-likeness (QED) is 0.774. The maximum Gasteiger partial charge on any atom is 0.312 e. The number of hydrogen-bond donors (Lipinski definition) is 2. The van der Waals surface area contributed by atoms with Crippen LogP contribution in [0.4, 0.5) is 0 Å². The molecule has 0 aliphatic carbocycles.